The number of hydrogen-bond acceptors (Lipinski definition) is 4. The molecule has 4 nitrogen and oxygen atoms in total. The van der Waals surface area contributed by atoms with Gasteiger partial charge in [-0.1, -0.05) is 54.6 Å². The monoisotopic (exact) mass is 494 g/mol. The predicted octanol–water partition coefficient (Wildman–Crippen LogP) is 6.41. The molecule has 0 saturated carbocycles. The van der Waals surface area contributed by atoms with Crippen LogP contribution in [-0.2, 0) is 4.74 Å². The van der Waals surface area contributed by atoms with Crippen LogP contribution in [0.15, 0.2) is 78.6 Å². The van der Waals surface area contributed by atoms with Crippen molar-refractivity contribution in [2.24, 2.45) is 5.92 Å². The molecule has 2 N–H and O–H groups in total. The number of allylic oxidation sites excluding steroid dienone is 3. The number of rotatable bonds is 7. The number of ether oxygens (including phenoxy) is 2. The standard InChI is InChI=1S/C29H25F3O4/c1-16(33)17-2-6-19(7-3-17)22-12-13-25(28(32)27(22)31)36-29(34)20-8-4-18(5-9-20)21-10-11-23(24(30)14-21)26-15-35-26/h2-10,12-14,16,23,26,29,33-34H,11,15H2,1H3. The molecular formula is C29H25F3O4. The van der Waals surface area contributed by atoms with E-state index in [0.717, 1.165) is 11.1 Å². The number of hydrogen-bond donors (Lipinski definition) is 2. The van der Waals surface area contributed by atoms with E-state index in [1.165, 1.54) is 18.2 Å². The van der Waals surface area contributed by atoms with Crippen molar-refractivity contribution < 1.29 is 32.9 Å². The lowest BCUT2D eigenvalue weighted by atomic mass is 9.90. The third kappa shape index (κ3) is 4.95. The Morgan fingerprint density at radius 1 is 0.861 bits per heavy atom. The van der Waals surface area contributed by atoms with E-state index < -0.39 is 29.8 Å². The maximum Gasteiger partial charge on any atom is 0.224 e. The van der Waals surface area contributed by atoms with Gasteiger partial charge in [-0.3, -0.25) is 0 Å². The van der Waals surface area contributed by atoms with E-state index in [-0.39, 0.29) is 23.4 Å². The molecule has 1 aliphatic carbocycles. The van der Waals surface area contributed by atoms with Crippen molar-refractivity contribution in [1.29, 1.82) is 0 Å². The van der Waals surface area contributed by atoms with Crippen molar-refractivity contribution in [3.63, 3.8) is 0 Å². The molecule has 0 aromatic heterocycles. The first-order chi connectivity index (χ1) is 17.3. The van der Waals surface area contributed by atoms with Gasteiger partial charge >= 0.3 is 0 Å². The van der Waals surface area contributed by atoms with Crippen LogP contribution in [0, 0.1) is 17.6 Å². The Hall–Kier alpha value is -3.39. The number of epoxide rings is 1. The highest BCUT2D eigenvalue weighted by Crippen LogP contribution is 2.37. The molecule has 3 aromatic rings. The van der Waals surface area contributed by atoms with Gasteiger partial charge in [-0.15, -0.1) is 0 Å². The lowest BCUT2D eigenvalue weighted by Crippen LogP contribution is -2.11. The van der Waals surface area contributed by atoms with E-state index >= 15 is 0 Å². The van der Waals surface area contributed by atoms with E-state index in [2.05, 4.69) is 0 Å². The maximum atomic E-state index is 14.8. The van der Waals surface area contributed by atoms with Gasteiger partial charge in [0, 0.05) is 17.0 Å². The topological polar surface area (TPSA) is 62.2 Å². The highest BCUT2D eigenvalue weighted by Gasteiger charge is 2.36. The molecule has 2 aliphatic rings. The second kappa shape index (κ2) is 9.93. The van der Waals surface area contributed by atoms with Crippen LogP contribution in [-0.4, -0.2) is 22.9 Å². The molecule has 4 atom stereocenters. The van der Waals surface area contributed by atoms with Gasteiger partial charge in [0.2, 0.25) is 12.1 Å². The minimum absolute atomic E-state index is 0.0346. The quantitative estimate of drug-likeness (QED) is 0.294. The van der Waals surface area contributed by atoms with Gasteiger partial charge in [0.25, 0.3) is 0 Å². The Kier molecular flexibility index (Phi) is 6.71. The summed E-state index contributed by atoms with van der Waals surface area (Å²) in [5, 5.41) is 20.1. The van der Waals surface area contributed by atoms with Crippen molar-refractivity contribution in [3.05, 3.63) is 107 Å². The number of aliphatic hydroxyl groups excluding tert-OH is 2. The molecule has 7 heteroatoms. The first-order valence-electron chi connectivity index (χ1n) is 11.7. The first-order valence-corrected chi connectivity index (χ1v) is 11.7. The Morgan fingerprint density at radius 3 is 2.11 bits per heavy atom. The molecule has 3 aromatic carbocycles. The van der Waals surface area contributed by atoms with Crippen LogP contribution in [0.3, 0.4) is 0 Å². The Labute approximate surface area is 206 Å². The summed E-state index contributed by atoms with van der Waals surface area (Å²) in [6.07, 6.45) is 1.77. The van der Waals surface area contributed by atoms with E-state index in [1.54, 1.807) is 55.5 Å². The van der Waals surface area contributed by atoms with Crippen molar-refractivity contribution in [1.82, 2.24) is 0 Å². The molecule has 1 heterocycles. The zero-order valence-electron chi connectivity index (χ0n) is 19.5. The van der Waals surface area contributed by atoms with Gasteiger partial charge in [0.05, 0.1) is 18.8 Å². The number of benzene rings is 3. The molecule has 1 aliphatic heterocycles. The smallest absolute Gasteiger partial charge is 0.224 e. The zero-order valence-corrected chi connectivity index (χ0v) is 19.5. The van der Waals surface area contributed by atoms with Crippen LogP contribution in [0.2, 0.25) is 0 Å². The fourth-order valence-corrected chi connectivity index (χ4v) is 4.31. The average Bonchev–Trinajstić information content (AvgIpc) is 3.72. The number of aliphatic hydroxyl groups is 2. The van der Waals surface area contributed by atoms with Crippen LogP contribution in [0.4, 0.5) is 13.2 Å². The first kappa shape index (κ1) is 24.3. The molecule has 4 unspecified atom stereocenters. The van der Waals surface area contributed by atoms with Gasteiger partial charge in [-0.05, 0) is 53.8 Å². The maximum absolute atomic E-state index is 14.8. The Bertz CT molecular complexity index is 1310. The molecule has 0 radical (unpaired) electrons. The molecule has 0 amide bonds. The fourth-order valence-electron chi connectivity index (χ4n) is 4.31. The molecule has 0 bridgehead atoms. The molecule has 1 saturated heterocycles. The van der Waals surface area contributed by atoms with Crippen molar-refractivity contribution in [3.8, 4) is 16.9 Å². The van der Waals surface area contributed by atoms with Crippen LogP contribution in [0.1, 0.15) is 42.4 Å². The summed E-state index contributed by atoms with van der Waals surface area (Å²) in [7, 11) is 0. The number of halogens is 3. The largest absolute Gasteiger partial charge is 0.458 e. The van der Waals surface area contributed by atoms with Crippen molar-refractivity contribution >= 4 is 5.57 Å². The second-order valence-electron chi connectivity index (χ2n) is 9.03. The SMILES string of the molecule is CC(O)c1ccc(-c2ccc(OC(O)c3ccc(C4=CCC(C5CO5)C(F)=C4)cc3)c(F)c2F)cc1. The molecule has 186 valence electrons. The second-order valence-corrected chi connectivity index (χ2v) is 9.03. The molecule has 5 rings (SSSR count). The van der Waals surface area contributed by atoms with Gasteiger partial charge in [0.15, 0.2) is 11.6 Å². The highest BCUT2D eigenvalue weighted by molar-refractivity contribution is 5.75. The highest BCUT2D eigenvalue weighted by atomic mass is 19.2. The summed E-state index contributed by atoms with van der Waals surface area (Å²) in [5.41, 5.74) is 2.97. The van der Waals surface area contributed by atoms with Gasteiger partial charge in [-0.25, -0.2) is 8.78 Å². The Morgan fingerprint density at radius 2 is 1.50 bits per heavy atom. The summed E-state index contributed by atoms with van der Waals surface area (Å²) >= 11 is 0. The van der Waals surface area contributed by atoms with E-state index in [1.807, 2.05) is 6.08 Å². The van der Waals surface area contributed by atoms with Crippen LogP contribution >= 0.6 is 0 Å². The third-order valence-electron chi connectivity index (χ3n) is 6.57. The lowest BCUT2D eigenvalue weighted by Gasteiger charge is -2.18. The van der Waals surface area contributed by atoms with Gasteiger partial charge in [-0.2, -0.15) is 4.39 Å². The van der Waals surface area contributed by atoms with Gasteiger partial charge < -0.3 is 19.7 Å². The normalized spacial score (nSPS) is 20.8. The summed E-state index contributed by atoms with van der Waals surface area (Å²) < 4.78 is 54.4. The molecule has 1 fully saturated rings. The van der Waals surface area contributed by atoms with Crippen LogP contribution < -0.4 is 4.74 Å². The van der Waals surface area contributed by atoms with Gasteiger partial charge in [0.1, 0.15) is 5.83 Å². The predicted molar refractivity (Wildman–Crippen MR) is 129 cm³/mol. The molecular weight excluding hydrogens is 469 g/mol. The van der Waals surface area contributed by atoms with Crippen LogP contribution in [0.25, 0.3) is 16.7 Å². The molecule has 0 spiro atoms. The zero-order chi connectivity index (χ0) is 25.4. The summed E-state index contributed by atoms with van der Waals surface area (Å²) in [5.74, 6) is -3.18. The van der Waals surface area contributed by atoms with Crippen molar-refractivity contribution in [2.45, 2.75) is 31.8 Å². The summed E-state index contributed by atoms with van der Waals surface area (Å²) in [6, 6.07) is 15.7. The summed E-state index contributed by atoms with van der Waals surface area (Å²) in [6.45, 7) is 2.20. The van der Waals surface area contributed by atoms with E-state index in [4.69, 9.17) is 9.47 Å². The molecule has 36 heavy (non-hydrogen) atoms. The minimum atomic E-state index is -1.53. The van der Waals surface area contributed by atoms with Crippen LogP contribution in [0.5, 0.6) is 5.75 Å². The average molecular weight is 495 g/mol. The fraction of sp³-hybridized carbons (Fsp3) is 0.241. The third-order valence-corrected chi connectivity index (χ3v) is 6.57. The van der Waals surface area contributed by atoms with E-state index in [0.29, 0.717) is 29.7 Å². The Balaban J connectivity index is 1.28. The lowest BCUT2D eigenvalue weighted by molar-refractivity contribution is -0.0224. The van der Waals surface area contributed by atoms with Crippen molar-refractivity contribution in [2.75, 3.05) is 6.61 Å². The minimum Gasteiger partial charge on any atom is -0.458 e. The van der Waals surface area contributed by atoms with E-state index in [9.17, 15) is 23.4 Å². The summed E-state index contributed by atoms with van der Waals surface area (Å²) in [4.78, 5) is 0.